The Kier molecular flexibility index (Phi) is 17.8. The normalized spacial score (nSPS) is 56.4. The molecule has 434 valence electrons. The maximum absolute atomic E-state index is 12.1. The number of hydrogen-bond acceptors (Lipinski definition) is 25. The Morgan fingerprint density at radius 3 is 1.88 bits per heavy atom. The minimum absolute atomic E-state index is 0.0388. The van der Waals surface area contributed by atoms with E-state index in [1.54, 1.807) is 0 Å². The van der Waals surface area contributed by atoms with E-state index in [-0.39, 0.29) is 72.4 Å². The largest absolute Gasteiger partial charge is 0.394 e. The van der Waals surface area contributed by atoms with Crippen molar-refractivity contribution in [2.75, 3.05) is 33.0 Å². The standard InChI is InChI=1S/C50H84O25/c1-18(16-67-44-39(63)36(60)34(58)29(13-51)70-44)5-8-50(66)19(2)32-28(75-50)10-22-20-9-24(54)23-11-27(25(55)12-49(23,4)21(20)6-7-48(22,32)3)69-46-40(64)37(61)42(31(15-53)72-46)73-47-41(65)43(35(59)30(14-52)71-47)74-45-38(62)33(57)26(56)17-68-45/h18-47,51-66H,5-17H2,1-4H3/t18-,19+,20-,21+,22+,23-,24-,25-,26-,27-,28+,29-,30-,31-,32+,33+,34-,35-,36+,37-,38-,39-,40-,41-,42+,43+,44-,45+,46-,47+,48+,49-,50-/m1/s1. The second-order valence-corrected chi connectivity index (χ2v) is 24.1. The summed E-state index contributed by atoms with van der Waals surface area (Å²) < 4.78 is 52.5. The number of ether oxygens (including phenoxy) is 9. The zero-order valence-corrected chi connectivity index (χ0v) is 42.8. The summed E-state index contributed by atoms with van der Waals surface area (Å²) in [5.74, 6) is -1.65. The number of aliphatic hydroxyl groups is 16. The maximum atomic E-state index is 12.1. The van der Waals surface area contributed by atoms with Gasteiger partial charge in [0.25, 0.3) is 0 Å². The van der Waals surface area contributed by atoms with Gasteiger partial charge in [-0.3, -0.25) is 0 Å². The Labute approximate surface area is 434 Å². The fourth-order valence-electron chi connectivity index (χ4n) is 15.5. The van der Waals surface area contributed by atoms with Gasteiger partial charge in [0.1, 0.15) is 91.6 Å². The number of rotatable bonds is 15. The van der Waals surface area contributed by atoms with E-state index in [1.807, 2.05) is 13.8 Å². The molecule has 0 radical (unpaired) electrons. The molecule has 0 aromatic heterocycles. The van der Waals surface area contributed by atoms with Gasteiger partial charge in [-0.25, -0.2) is 0 Å². The molecule has 0 spiro atoms. The molecule has 9 rings (SSSR count). The van der Waals surface area contributed by atoms with E-state index in [2.05, 4.69) is 13.8 Å². The van der Waals surface area contributed by atoms with Crippen molar-refractivity contribution < 1.29 is 124 Å². The summed E-state index contributed by atoms with van der Waals surface area (Å²) in [4.78, 5) is 0. The Morgan fingerprint density at radius 2 is 1.19 bits per heavy atom. The van der Waals surface area contributed by atoms with Gasteiger partial charge in [0.2, 0.25) is 0 Å². The van der Waals surface area contributed by atoms with Crippen LogP contribution < -0.4 is 0 Å². The van der Waals surface area contributed by atoms with Crippen LogP contribution in [0.25, 0.3) is 0 Å². The van der Waals surface area contributed by atoms with Crippen molar-refractivity contribution in [2.45, 2.75) is 226 Å². The summed E-state index contributed by atoms with van der Waals surface area (Å²) >= 11 is 0. The van der Waals surface area contributed by atoms with E-state index >= 15 is 0 Å². The molecule has 0 amide bonds. The van der Waals surface area contributed by atoms with Crippen molar-refractivity contribution in [2.24, 2.45) is 52.3 Å². The van der Waals surface area contributed by atoms with Gasteiger partial charge in [0.05, 0.1) is 57.5 Å². The SMILES string of the molecule is C[C@H](CC[C@@]1(O)O[C@H]2C[C@H]3[C@@H]4C[C@@H](O)[C@H]5C[C@@H](O[C@@H]6O[C@H](CO)[C@H](O[C@@H]7O[C@H](CO)[C@@H](O)[C@H](O[C@@H]8OC[C@@H](O)[C@H](O)[C@H]8O)[C@H]7O)[C@H](O)[C@H]6O)[C@H](O)C[C@]5(C)[C@H]4CC[C@]3(C)[C@H]2[C@@H]1C)CO[C@@H]1O[C@H](CO)[C@@H](O)[C@H](O)[C@H]1O. The van der Waals surface area contributed by atoms with Gasteiger partial charge in [-0.2, -0.15) is 0 Å². The average molecular weight is 1090 g/mol. The van der Waals surface area contributed by atoms with E-state index in [9.17, 15) is 81.7 Å². The fraction of sp³-hybridized carbons (Fsp3) is 1.00. The molecular weight excluding hydrogens is 1000 g/mol. The molecule has 0 bridgehead atoms. The molecule has 9 aliphatic rings. The van der Waals surface area contributed by atoms with Gasteiger partial charge in [0.15, 0.2) is 30.9 Å². The number of hydrogen-bond donors (Lipinski definition) is 16. The first kappa shape index (κ1) is 58.6. The van der Waals surface area contributed by atoms with E-state index in [0.29, 0.717) is 25.7 Å². The van der Waals surface area contributed by atoms with Gasteiger partial charge in [0, 0.05) is 12.3 Å². The zero-order chi connectivity index (χ0) is 54.4. The Morgan fingerprint density at radius 1 is 0.573 bits per heavy atom. The van der Waals surface area contributed by atoms with E-state index in [1.165, 1.54) is 0 Å². The molecular formula is C50H84O25. The van der Waals surface area contributed by atoms with Crippen molar-refractivity contribution in [1.29, 1.82) is 0 Å². The third kappa shape index (κ3) is 10.5. The average Bonchev–Trinajstić information content (AvgIpc) is 3.82. The molecule has 5 saturated heterocycles. The molecule has 0 aromatic rings. The first-order valence-electron chi connectivity index (χ1n) is 27.0. The molecule has 16 N–H and O–H groups in total. The van der Waals surface area contributed by atoms with Crippen LogP contribution in [0.15, 0.2) is 0 Å². The van der Waals surface area contributed by atoms with Crippen LogP contribution >= 0.6 is 0 Å². The number of aliphatic hydroxyl groups excluding tert-OH is 15. The highest BCUT2D eigenvalue weighted by Gasteiger charge is 2.70. The van der Waals surface area contributed by atoms with E-state index in [4.69, 9.17) is 42.6 Å². The van der Waals surface area contributed by atoms with Gasteiger partial charge in [-0.05, 0) is 91.3 Å². The van der Waals surface area contributed by atoms with Crippen LogP contribution in [0.5, 0.6) is 0 Å². The molecule has 4 aliphatic carbocycles. The van der Waals surface area contributed by atoms with Crippen molar-refractivity contribution in [3.8, 4) is 0 Å². The predicted octanol–water partition coefficient (Wildman–Crippen LogP) is -5.37. The van der Waals surface area contributed by atoms with Crippen LogP contribution in [0.3, 0.4) is 0 Å². The molecule has 0 aromatic carbocycles. The quantitative estimate of drug-likeness (QED) is 0.0681. The highest BCUT2D eigenvalue weighted by molar-refractivity contribution is 5.16. The monoisotopic (exact) mass is 1080 g/mol. The minimum Gasteiger partial charge on any atom is -0.394 e. The third-order valence-electron chi connectivity index (χ3n) is 19.7. The lowest BCUT2D eigenvalue weighted by atomic mass is 9.43. The van der Waals surface area contributed by atoms with Crippen molar-refractivity contribution in [3.05, 3.63) is 0 Å². The Bertz CT molecular complexity index is 1890. The van der Waals surface area contributed by atoms with Crippen LogP contribution in [0.2, 0.25) is 0 Å². The van der Waals surface area contributed by atoms with Crippen LogP contribution in [0.1, 0.15) is 79.1 Å². The lowest BCUT2D eigenvalue weighted by Crippen LogP contribution is -2.66. The summed E-state index contributed by atoms with van der Waals surface area (Å²) in [5, 5.41) is 172. The zero-order valence-electron chi connectivity index (χ0n) is 42.8. The minimum atomic E-state index is -1.92. The van der Waals surface area contributed by atoms with Gasteiger partial charge < -0.3 is 124 Å². The van der Waals surface area contributed by atoms with Crippen LogP contribution in [0, 0.1) is 52.3 Å². The lowest BCUT2D eigenvalue weighted by Gasteiger charge is -2.63. The third-order valence-corrected chi connectivity index (χ3v) is 19.7. The maximum Gasteiger partial charge on any atom is 0.187 e. The summed E-state index contributed by atoms with van der Waals surface area (Å²) in [6.07, 6.45) is -29.4. The fourth-order valence-corrected chi connectivity index (χ4v) is 15.5. The Hall–Kier alpha value is -1.00. The second kappa shape index (κ2) is 22.7. The van der Waals surface area contributed by atoms with Crippen molar-refractivity contribution in [3.63, 3.8) is 0 Å². The van der Waals surface area contributed by atoms with E-state index < -0.39 is 173 Å². The molecule has 75 heavy (non-hydrogen) atoms. The van der Waals surface area contributed by atoms with Gasteiger partial charge >= 0.3 is 0 Å². The predicted molar refractivity (Wildman–Crippen MR) is 248 cm³/mol. The first-order chi connectivity index (χ1) is 35.4. The molecule has 25 heteroatoms. The molecule has 25 nitrogen and oxygen atoms in total. The Balaban J connectivity index is 0.797. The highest BCUT2D eigenvalue weighted by Crippen LogP contribution is 2.71. The summed E-state index contributed by atoms with van der Waals surface area (Å²) in [6.45, 7) is 5.82. The topological polar surface area (TPSA) is 407 Å². The highest BCUT2D eigenvalue weighted by atomic mass is 16.8. The lowest BCUT2D eigenvalue weighted by molar-refractivity contribution is -0.380. The van der Waals surface area contributed by atoms with Crippen molar-refractivity contribution in [1.82, 2.24) is 0 Å². The van der Waals surface area contributed by atoms with Crippen LogP contribution in [0.4, 0.5) is 0 Å². The van der Waals surface area contributed by atoms with Gasteiger partial charge in [-0.15, -0.1) is 0 Å². The van der Waals surface area contributed by atoms with Crippen LogP contribution in [-0.2, 0) is 42.6 Å². The summed E-state index contributed by atoms with van der Waals surface area (Å²) in [5.41, 5.74) is -0.734. The van der Waals surface area contributed by atoms with Crippen LogP contribution in [-0.4, -0.2) is 262 Å². The molecule has 5 heterocycles. The molecule has 0 unspecified atom stereocenters. The van der Waals surface area contributed by atoms with Gasteiger partial charge in [-0.1, -0.05) is 27.7 Å². The molecule has 5 aliphatic heterocycles. The molecule has 9 fully saturated rings. The second-order valence-electron chi connectivity index (χ2n) is 24.1. The molecule has 33 atom stereocenters. The molecule has 4 saturated carbocycles. The smallest absolute Gasteiger partial charge is 0.187 e. The first-order valence-corrected chi connectivity index (χ1v) is 27.0. The van der Waals surface area contributed by atoms with Crippen molar-refractivity contribution >= 4 is 0 Å². The van der Waals surface area contributed by atoms with E-state index in [0.717, 1.165) is 12.8 Å². The number of fused-ring (bicyclic) bond motifs is 7. The summed E-state index contributed by atoms with van der Waals surface area (Å²) in [7, 11) is 0. The summed E-state index contributed by atoms with van der Waals surface area (Å²) in [6, 6.07) is 0.